The molecule has 0 radical (unpaired) electrons. The third-order valence-electron chi connectivity index (χ3n) is 2.05. The lowest BCUT2D eigenvalue weighted by Crippen LogP contribution is -2.21. The Bertz CT molecular complexity index is 432. The zero-order valence-corrected chi connectivity index (χ0v) is 10.7. The van der Waals surface area contributed by atoms with Gasteiger partial charge in [0, 0.05) is 4.90 Å². The minimum Gasteiger partial charge on any atom is -0.455 e. The number of nitrogens with two attached hydrogens (primary N) is 1. The first kappa shape index (κ1) is 13.6. The lowest BCUT2D eigenvalue weighted by atomic mass is 10.2. The van der Waals surface area contributed by atoms with Gasteiger partial charge in [-0.3, -0.25) is 9.59 Å². The highest BCUT2D eigenvalue weighted by atomic mass is 32.2. The Morgan fingerprint density at radius 3 is 2.65 bits per heavy atom. The SMILES string of the molecule is Cc1ccc(SCC(=O)OCC(N)=O)c(C)c1. The molecule has 0 heterocycles. The first-order valence-electron chi connectivity index (χ1n) is 5.13. The molecule has 0 bridgehead atoms. The van der Waals surface area contributed by atoms with Gasteiger partial charge in [0.1, 0.15) is 0 Å². The van der Waals surface area contributed by atoms with Crippen LogP contribution in [-0.4, -0.2) is 24.2 Å². The van der Waals surface area contributed by atoms with Gasteiger partial charge in [0.25, 0.3) is 5.91 Å². The van der Waals surface area contributed by atoms with Crippen LogP contribution in [-0.2, 0) is 14.3 Å². The molecule has 4 nitrogen and oxygen atoms in total. The van der Waals surface area contributed by atoms with Crippen LogP contribution in [0, 0.1) is 13.8 Å². The average Bonchev–Trinajstić information content (AvgIpc) is 2.25. The molecule has 0 saturated carbocycles. The van der Waals surface area contributed by atoms with Crippen LogP contribution in [0.25, 0.3) is 0 Å². The van der Waals surface area contributed by atoms with Crippen molar-refractivity contribution in [3.05, 3.63) is 29.3 Å². The van der Waals surface area contributed by atoms with Crippen molar-refractivity contribution < 1.29 is 14.3 Å². The van der Waals surface area contributed by atoms with Crippen LogP contribution in [0.4, 0.5) is 0 Å². The molecule has 0 aromatic heterocycles. The van der Waals surface area contributed by atoms with Crippen molar-refractivity contribution >= 4 is 23.6 Å². The van der Waals surface area contributed by atoms with Crippen LogP contribution in [0.1, 0.15) is 11.1 Å². The number of esters is 1. The number of benzene rings is 1. The standard InChI is InChI=1S/C12H15NO3S/c1-8-3-4-10(9(2)5-8)17-7-12(15)16-6-11(13)14/h3-5H,6-7H2,1-2H3,(H2,13,14). The highest BCUT2D eigenvalue weighted by Crippen LogP contribution is 2.23. The topological polar surface area (TPSA) is 69.4 Å². The molecule has 17 heavy (non-hydrogen) atoms. The van der Waals surface area contributed by atoms with E-state index in [2.05, 4.69) is 10.8 Å². The van der Waals surface area contributed by atoms with Crippen molar-refractivity contribution in [3.8, 4) is 0 Å². The van der Waals surface area contributed by atoms with Crippen LogP contribution in [0.2, 0.25) is 0 Å². The van der Waals surface area contributed by atoms with Gasteiger partial charge < -0.3 is 10.5 Å². The highest BCUT2D eigenvalue weighted by Gasteiger charge is 2.07. The lowest BCUT2D eigenvalue weighted by Gasteiger charge is -2.06. The van der Waals surface area contributed by atoms with Gasteiger partial charge in [-0.15, -0.1) is 11.8 Å². The molecule has 0 atom stereocenters. The molecule has 92 valence electrons. The number of rotatable bonds is 5. The summed E-state index contributed by atoms with van der Waals surface area (Å²) < 4.78 is 4.65. The van der Waals surface area contributed by atoms with Crippen LogP contribution in [0.15, 0.2) is 23.1 Å². The van der Waals surface area contributed by atoms with Gasteiger partial charge in [-0.05, 0) is 25.5 Å². The van der Waals surface area contributed by atoms with Crippen molar-refractivity contribution in [2.24, 2.45) is 5.73 Å². The van der Waals surface area contributed by atoms with E-state index in [-0.39, 0.29) is 12.4 Å². The molecule has 0 aliphatic heterocycles. The van der Waals surface area contributed by atoms with Gasteiger partial charge in [-0.25, -0.2) is 0 Å². The summed E-state index contributed by atoms with van der Waals surface area (Å²) >= 11 is 1.39. The lowest BCUT2D eigenvalue weighted by molar-refractivity contribution is -0.145. The average molecular weight is 253 g/mol. The molecule has 0 aliphatic carbocycles. The van der Waals surface area contributed by atoms with Crippen molar-refractivity contribution in [1.29, 1.82) is 0 Å². The molecule has 0 unspecified atom stereocenters. The molecule has 1 aromatic carbocycles. The van der Waals surface area contributed by atoms with E-state index in [0.717, 1.165) is 10.5 Å². The quantitative estimate of drug-likeness (QED) is 0.636. The fourth-order valence-electron chi connectivity index (χ4n) is 1.29. The van der Waals surface area contributed by atoms with E-state index in [1.165, 1.54) is 17.3 Å². The van der Waals surface area contributed by atoms with Crippen LogP contribution < -0.4 is 5.73 Å². The Morgan fingerprint density at radius 1 is 1.35 bits per heavy atom. The zero-order chi connectivity index (χ0) is 12.8. The second-order valence-corrected chi connectivity index (χ2v) is 4.70. The molecule has 0 saturated heterocycles. The number of aryl methyl sites for hydroxylation is 2. The van der Waals surface area contributed by atoms with Crippen LogP contribution >= 0.6 is 11.8 Å². The van der Waals surface area contributed by atoms with E-state index in [9.17, 15) is 9.59 Å². The Labute approximate surface area is 105 Å². The van der Waals surface area contributed by atoms with Gasteiger partial charge in [-0.1, -0.05) is 17.7 Å². The molecular formula is C12H15NO3S. The fourth-order valence-corrected chi connectivity index (χ4v) is 2.10. The van der Waals surface area contributed by atoms with Crippen molar-refractivity contribution in [3.63, 3.8) is 0 Å². The minimum absolute atomic E-state index is 0.178. The van der Waals surface area contributed by atoms with Gasteiger partial charge in [-0.2, -0.15) is 0 Å². The van der Waals surface area contributed by atoms with E-state index in [1.54, 1.807) is 0 Å². The summed E-state index contributed by atoms with van der Waals surface area (Å²) in [4.78, 5) is 22.7. The summed E-state index contributed by atoms with van der Waals surface area (Å²) in [6.07, 6.45) is 0. The second-order valence-electron chi connectivity index (χ2n) is 3.68. The van der Waals surface area contributed by atoms with E-state index in [1.807, 2.05) is 26.0 Å². The molecule has 5 heteroatoms. The largest absolute Gasteiger partial charge is 0.455 e. The third-order valence-corrected chi connectivity index (χ3v) is 3.20. The normalized spacial score (nSPS) is 10.0. The number of hydrogen-bond acceptors (Lipinski definition) is 4. The molecular weight excluding hydrogens is 238 g/mol. The molecule has 1 rings (SSSR count). The number of carbonyl (C=O) groups is 2. The molecule has 2 N–H and O–H groups in total. The molecule has 0 aliphatic rings. The highest BCUT2D eigenvalue weighted by molar-refractivity contribution is 8.00. The van der Waals surface area contributed by atoms with Crippen molar-refractivity contribution in [2.75, 3.05) is 12.4 Å². The van der Waals surface area contributed by atoms with Crippen molar-refractivity contribution in [2.45, 2.75) is 18.7 Å². The summed E-state index contributed by atoms with van der Waals surface area (Å²) in [7, 11) is 0. The Balaban J connectivity index is 2.44. The molecule has 0 spiro atoms. The summed E-state index contributed by atoms with van der Waals surface area (Å²) in [5.41, 5.74) is 7.17. The number of primary amides is 1. The van der Waals surface area contributed by atoms with E-state index < -0.39 is 11.9 Å². The van der Waals surface area contributed by atoms with Crippen LogP contribution in [0.3, 0.4) is 0 Å². The smallest absolute Gasteiger partial charge is 0.316 e. The summed E-state index contributed by atoms with van der Waals surface area (Å²) in [6, 6.07) is 6.01. The predicted molar refractivity (Wildman–Crippen MR) is 66.8 cm³/mol. The van der Waals surface area contributed by atoms with Crippen molar-refractivity contribution in [1.82, 2.24) is 0 Å². The Hall–Kier alpha value is -1.49. The number of hydrogen-bond donors (Lipinski definition) is 1. The van der Waals surface area contributed by atoms with Gasteiger partial charge in [0.15, 0.2) is 6.61 Å². The Kier molecular flexibility index (Phi) is 5.03. The molecule has 0 fully saturated rings. The van der Waals surface area contributed by atoms with E-state index in [4.69, 9.17) is 5.73 Å². The first-order valence-corrected chi connectivity index (χ1v) is 6.11. The third kappa shape index (κ3) is 4.91. The predicted octanol–water partition coefficient (Wildman–Crippen LogP) is 1.42. The number of amides is 1. The maximum absolute atomic E-state index is 11.2. The summed E-state index contributed by atoms with van der Waals surface area (Å²) in [6.45, 7) is 3.65. The maximum atomic E-state index is 11.2. The number of thioether (sulfide) groups is 1. The zero-order valence-electron chi connectivity index (χ0n) is 9.86. The Morgan fingerprint density at radius 2 is 2.06 bits per heavy atom. The number of ether oxygens (including phenoxy) is 1. The fraction of sp³-hybridized carbons (Fsp3) is 0.333. The number of carbonyl (C=O) groups excluding carboxylic acids is 2. The summed E-state index contributed by atoms with van der Waals surface area (Å²) in [5.74, 6) is -0.902. The van der Waals surface area contributed by atoms with Gasteiger partial charge in [0.05, 0.1) is 5.75 Å². The monoisotopic (exact) mass is 253 g/mol. The second kappa shape index (κ2) is 6.30. The minimum atomic E-state index is -0.644. The molecule has 1 amide bonds. The van der Waals surface area contributed by atoms with E-state index in [0.29, 0.717) is 0 Å². The van der Waals surface area contributed by atoms with Crippen LogP contribution in [0.5, 0.6) is 0 Å². The first-order chi connectivity index (χ1) is 7.99. The molecule has 1 aromatic rings. The summed E-state index contributed by atoms with van der Waals surface area (Å²) in [5, 5.41) is 0. The van der Waals surface area contributed by atoms with Gasteiger partial charge in [0.2, 0.25) is 0 Å². The maximum Gasteiger partial charge on any atom is 0.316 e. The van der Waals surface area contributed by atoms with E-state index >= 15 is 0 Å². The van der Waals surface area contributed by atoms with Gasteiger partial charge >= 0.3 is 5.97 Å².